The molecule has 2 aromatic carbocycles. The van der Waals surface area contributed by atoms with Crippen molar-refractivity contribution in [2.75, 3.05) is 11.9 Å². The number of nitrogens with zero attached hydrogens (tertiary/aromatic N) is 1. The highest BCUT2D eigenvalue weighted by atomic mass is 35.5. The van der Waals surface area contributed by atoms with E-state index < -0.39 is 5.82 Å². The highest BCUT2D eigenvalue weighted by Gasteiger charge is 2.15. The maximum atomic E-state index is 13.3. The molecule has 0 radical (unpaired) electrons. The van der Waals surface area contributed by atoms with Crippen LogP contribution in [0.25, 0.3) is 0 Å². The van der Waals surface area contributed by atoms with Gasteiger partial charge in [-0.05, 0) is 36.4 Å². The third-order valence-electron chi connectivity index (χ3n) is 2.89. The Balaban J connectivity index is 2.34. The number of carbonyl (C=O) groups is 2. The summed E-state index contributed by atoms with van der Waals surface area (Å²) in [6.45, 7) is 0. The second-order valence-electron chi connectivity index (χ2n) is 4.19. The second-order valence-corrected chi connectivity index (χ2v) is 4.57. The standard InChI is InChI=1S/C15H11ClFNO2/c1-18(9-19)11-7-5-10(6-8-11)15(20)12-3-2-4-13(17)14(12)16/h2-9H,1H3. The van der Waals surface area contributed by atoms with Crippen LogP contribution in [0.5, 0.6) is 0 Å². The molecule has 1 amide bonds. The first-order valence-electron chi connectivity index (χ1n) is 5.81. The first-order chi connectivity index (χ1) is 9.54. The van der Waals surface area contributed by atoms with Crippen molar-refractivity contribution < 1.29 is 14.0 Å². The maximum Gasteiger partial charge on any atom is 0.213 e. The summed E-state index contributed by atoms with van der Waals surface area (Å²) in [5.74, 6) is -0.996. The van der Waals surface area contributed by atoms with Crippen molar-refractivity contribution in [2.45, 2.75) is 0 Å². The molecule has 2 rings (SSSR count). The average molecular weight is 292 g/mol. The molecule has 0 fully saturated rings. The van der Waals surface area contributed by atoms with Crippen LogP contribution in [0.3, 0.4) is 0 Å². The minimum Gasteiger partial charge on any atom is -0.318 e. The SMILES string of the molecule is CN(C=O)c1ccc(C(=O)c2cccc(F)c2Cl)cc1. The Kier molecular flexibility index (Phi) is 4.15. The van der Waals surface area contributed by atoms with Gasteiger partial charge in [0.05, 0.1) is 5.02 Å². The quantitative estimate of drug-likeness (QED) is 0.640. The van der Waals surface area contributed by atoms with Crippen molar-refractivity contribution in [1.82, 2.24) is 0 Å². The van der Waals surface area contributed by atoms with Crippen LogP contribution >= 0.6 is 11.6 Å². The predicted molar refractivity (Wildman–Crippen MR) is 75.8 cm³/mol. The van der Waals surface area contributed by atoms with Crippen LogP contribution in [0, 0.1) is 5.82 Å². The molecular weight excluding hydrogens is 281 g/mol. The van der Waals surface area contributed by atoms with Crippen LogP contribution in [0.1, 0.15) is 15.9 Å². The summed E-state index contributed by atoms with van der Waals surface area (Å²) >= 11 is 5.79. The molecule has 0 spiro atoms. The van der Waals surface area contributed by atoms with Gasteiger partial charge in [0.1, 0.15) is 5.82 Å². The van der Waals surface area contributed by atoms with Gasteiger partial charge in [-0.2, -0.15) is 0 Å². The fourth-order valence-corrected chi connectivity index (χ4v) is 1.96. The van der Waals surface area contributed by atoms with E-state index in [9.17, 15) is 14.0 Å². The van der Waals surface area contributed by atoms with E-state index in [4.69, 9.17) is 11.6 Å². The highest BCUT2D eigenvalue weighted by molar-refractivity contribution is 6.35. The predicted octanol–water partition coefficient (Wildman–Crippen LogP) is 3.30. The molecule has 20 heavy (non-hydrogen) atoms. The van der Waals surface area contributed by atoms with Crippen molar-refractivity contribution in [3.8, 4) is 0 Å². The molecule has 102 valence electrons. The summed E-state index contributed by atoms with van der Waals surface area (Å²) < 4.78 is 13.3. The number of hydrogen-bond donors (Lipinski definition) is 0. The van der Waals surface area contributed by atoms with Gasteiger partial charge in [0.15, 0.2) is 5.78 Å². The lowest BCUT2D eigenvalue weighted by Gasteiger charge is -2.11. The number of amides is 1. The van der Waals surface area contributed by atoms with Gasteiger partial charge in [-0.3, -0.25) is 9.59 Å². The van der Waals surface area contributed by atoms with E-state index in [1.165, 1.54) is 23.1 Å². The normalized spacial score (nSPS) is 10.2. The summed E-state index contributed by atoms with van der Waals surface area (Å²) in [5, 5.41) is -0.188. The zero-order valence-corrected chi connectivity index (χ0v) is 11.4. The van der Waals surface area contributed by atoms with Crippen molar-refractivity contribution in [2.24, 2.45) is 0 Å². The molecule has 0 aliphatic carbocycles. The van der Waals surface area contributed by atoms with Crippen LogP contribution in [0.4, 0.5) is 10.1 Å². The monoisotopic (exact) mass is 291 g/mol. The highest BCUT2D eigenvalue weighted by Crippen LogP contribution is 2.23. The second kappa shape index (κ2) is 5.84. The Morgan fingerprint density at radius 3 is 2.45 bits per heavy atom. The molecule has 0 saturated heterocycles. The van der Waals surface area contributed by atoms with Crippen LogP contribution in [-0.2, 0) is 4.79 Å². The van der Waals surface area contributed by atoms with E-state index >= 15 is 0 Å². The molecule has 0 heterocycles. The number of rotatable bonds is 4. The van der Waals surface area contributed by atoms with Crippen LogP contribution in [0.15, 0.2) is 42.5 Å². The van der Waals surface area contributed by atoms with Crippen molar-refractivity contribution >= 4 is 29.5 Å². The van der Waals surface area contributed by atoms with Crippen molar-refractivity contribution in [3.05, 3.63) is 64.4 Å². The molecule has 0 unspecified atom stereocenters. The Morgan fingerprint density at radius 2 is 1.85 bits per heavy atom. The lowest BCUT2D eigenvalue weighted by molar-refractivity contribution is -0.107. The fraction of sp³-hybridized carbons (Fsp3) is 0.0667. The minimum atomic E-state index is -0.630. The average Bonchev–Trinajstić information content (AvgIpc) is 2.48. The molecule has 3 nitrogen and oxygen atoms in total. The van der Waals surface area contributed by atoms with Gasteiger partial charge in [-0.15, -0.1) is 0 Å². The van der Waals surface area contributed by atoms with Crippen LogP contribution < -0.4 is 4.90 Å². The number of benzene rings is 2. The molecule has 0 bridgehead atoms. The van der Waals surface area contributed by atoms with E-state index in [2.05, 4.69) is 0 Å². The van der Waals surface area contributed by atoms with Gasteiger partial charge in [0, 0.05) is 23.9 Å². The number of ketones is 1. The number of carbonyl (C=O) groups excluding carboxylic acids is 2. The Bertz CT molecular complexity index is 655. The van der Waals surface area contributed by atoms with Gasteiger partial charge < -0.3 is 4.90 Å². The summed E-state index contributed by atoms with van der Waals surface area (Å²) in [7, 11) is 1.60. The Hall–Kier alpha value is -2.20. The van der Waals surface area contributed by atoms with Gasteiger partial charge in [-0.1, -0.05) is 17.7 Å². The van der Waals surface area contributed by atoms with E-state index in [1.54, 1.807) is 31.3 Å². The van der Waals surface area contributed by atoms with Crippen molar-refractivity contribution in [3.63, 3.8) is 0 Å². The molecule has 2 aromatic rings. The molecule has 0 saturated carbocycles. The van der Waals surface area contributed by atoms with Gasteiger partial charge in [0.2, 0.25) is 6.41 Å². The zero-order chi connectivity index (χ0) is 14.7. The largest absolute Gasteiger partial charge is 0.318 e. The summed E-state index contributed by atoms with van der Waals surface area (Å²) in [5.41, 5.74) is 1.14. The van der Waals surface area contributed by atoms with Gasteiger partial charge in [-0.25, -0.2) is 4.39 Å². The molecule has 0 aromatic heterocycles. The third kappa shape index (κ3) is 2.70. The van der Waals surface area contributed by atoms with E-state index in [1.807, 2.05) is 0 Å². The number of halogens is 2. The summed E-state index contributed by atoms with van der Waals surface area (Å²) in [6.07, 6.45) is 0.667. The number of anilines is 1. The maximum absolute atomic E-state index is 13.3. The molecule has 0 N–H and O–H groups in total. The van der Waals surface area contributed by atoms with E-state index in [0.29, 0.717) is 17.7 Å². The first kappa shape index (κ1) is 14.2. The summed E-state index contributed by atoms with van der Waals surface area (Å²) in [4.78, 5) is 24.2. The van der Waals surface area contributed by atoms with Crippen molar-refractivity contribution in [1.29, 1.82) is 0 Å². The molecule has 0 aliphatic rings. The fourth-order valence-electron chi connectivity index (χ4n) is 1.74. The Labute approximate surface area is 120 Å². The minimum absolute atomic E-state index is 0.114. The molecule has 0 aliphatic heterocycles. The third-order valence-corrected chi connectivity index (χ3v) is 3.28. The van der Waals surface area contributed by atoms with Gasteiger partial charge in [0.25, 0.3) is 0 Å². The molecular formula is C15H11ClFNO2. The van der Waals surface area contributed by atoms with Gasteiger partial charge >= 0.3 is 0 Å². The van der Waals surface area contributed by atoms with Crippen LogP contribution in [-0.4, -0.2) is 19.2 Å². The van der Waals surface area contributed by atoms with E-state index in [0.717, 1.165) is 0 Å². The van der Waals surface area contributed by atoms with E-state index in [-0.39, 0.29) is 16.4 Å². The zero-order valence-electron chi connectivity index (χ0n) is 10.6. The smallest absolute Gasteiger partial charge is 0.213 e. The lowest BCUT2D eigenvalue weighted by Crippen LogP contribution is -2.13. The first-order valence-corrected chi connectivity index (χ1v) is 6.19. The topological polar surface area (TPSA) is 37.4 Å². The van der Waals surface area contributed by atoms with Crippen LogP contribution in [0.2, 0.25) is 5.02 Å². The Morgan fingerprint density at radius 1 is 1.20 bits per heavy atom. The molecule has 0 atom stereocenters. The number of hydrogen-bond acceptors (Lipinski definition) is 2. The summed E-state index contributed by atoms with van der Waals surface area (Å²) in [6, 6.07) is 10.5. The molecule has 5 heteroatoms. The lowest BCUT2D eigenvalue weighted by atomic mass is 10.0.